The first-order valence-electron chi connectivity index (χ1n) is 9.10. The van der Waals surface area contributed by atoms with Gasteiger partial charge >= 0.3 is 0 Å². The van der Waals surface area contributed by atoms with Gasteiger partial charge in [0.05, 0.1) is 6.54 Å². The van der Waals surface area contributed by atoms with Gasteiger partial charge in [-0.15, -0.1) is 0 Å². The second-order valence-electron chi connectivity index (χ2n) is 7.27. The van der Waals surface area contributed by atoms with Crippen molar-refractivity contribution < 1.29 is 9.32 Å². The van der Waals surface area contributed by atoms with Crippen molar-refractivity contribution in [1.82, 2.24) is 25.3 Å². The highest BCUT2D eigenvalue weighted by Crippen LogP contribution is 2.32. The second-order valence-corrected chi connectivity index (χ2v) is 7.27. The van der Waals surface area contributed by atoms with E-state index < -0.39 is 0 Å². The molecule has 1 N–H and O–H groups in total. The largest absolute Gasteiger partial charge is 0.355 e. The predicted molar refractivity (Wildman–Crippen MR) is 90.8 cm³/mol. The molecule has 0 aromatic carbocycles. The molecule has 1 atom stereocenters. The fourth-order valence-corrected chi connectivity index (χ4v) is 3.66. The van der Waals surface area contributed by atoms with Gasteiger partial charge in [-0.25, -0.2) is 0 Å². The van der Waals surface area contributed by atoms with Gasteiger partial charge in [-0.2, -0.15) is 4.98 Å². The van der Waals surface area contributed by atoms with E-state index >= 15 is 0 Å². The summed E-state index contributed by atoms with van der Waals surface area (Å²) < 4.78 is 5.36. The summed E-state index contributed by atoms with van der Waals surface area (Å²) in [6, 6.07) is 0.561. The molecule has 1 saturated carbocycles. The number of likely N-dealkylation sites (N-methyl/N-ethyl adjacent to an activating group) is 1. The first-order chi connectivity index (χ1) is 11.6. The van der Waals surface area contributed by atoms with Crippen LogP contribution in [0.25, 0.3) is 0 Å². The molecule has 1 amide bonds. The molecule has 2 aliphatic rings. The molecule has 0 bridgehead atoms. The number of carbonyl (C=O) groups is 1. The van der Waals surface area contributed by atoms with E-state index in [9.17, 15) is 4.79 Å². The third-order valence-electron chi connectivity index (χ3n) is 5.20. The summed E-state index contributed by atoms with van der Waals surface area (Å²) in [5.41, 5.74) is 0. The number of likely N-dealkylation sites (tertiary alicyclic amines) is 1. The van der Waals surface area contributed by atoms with Crippen molar-refractivity contribution in [1.29, 1.82) is 0 Å². The molecule has 0 spiro atoms. The molecule has 7 heteroatoms. The van der Waals surface area contributed by atoms with Gasteiger partial charge in [-0.05, 0) is 33.4 Å². The van der Waals surface area contributed by atoms with E-state index in [1.54, 1.807) is 0 Å². The zero-order valence-electron chi connectivity index (χ0n) is 14.8. The van der Waals surface area contributed by atoms with Crippen molar-refractivity contribution >= 4 is 5.91 Å². The van der Waals surface area contributed by atoms with Crippen LogP contribution in [0.2, 0.25) is 0 Å². The number of nitrogens with one attached hydrogen (secondary N) is 1. The molecule has 1 saturated heterocycles. The monoisotopic (exact) mass is 335 g/mol. The number of carbonyl (C=O) groups excluding carboxylic acids is 1. The van der Waals surface area contributed by atoms with Crippen LogP contribution in [-0.4, -0.2) is 72.2 Å². The van der Waals surface area contributed by atoms with Gasteiger partial charge in [0.2, 0.25) is 11.8 Å². The Balaban J connectivity index is 1.35. The Labute approximate surface area is 143 Å². The number of nitrogens with zero attached hydrogens (tertiary/aromatic N) is 4. The maximum absolute atomic E-state index is 12.0. The quantitative estimate of drug-likeness (QED) is 0.802. The number of rotatable bonds is 7. The first-order valence-corrected chi connectivity index (χ1v) is 9.10. The van der Waals surface area contributed by atoms with Gasteiger partial charge in [-0.1, -0.05) is 18.0 Å². The van der Waals surface area contributed by atoms with Crippen molar-refractivity contribution in [2.24, 2.45) is 0 Å². The van der Waals surface area contributed by atoms with Gasteiger partial charge in [0, 0.05) is 38.0 Å². The molecule has 1 aromatic heterocycles. The molecule has 1 aliphatic heterocycles. The van der Waals surface area contributed by atoms with E-state index in [-0.39, 0.29) is 5.91 Å². The molecule has 24 heavy (non-hydrogen) atoms. The highest BCUT2D eigenvalue weighted by Gasteiger charge is 2.25. The van der Waals surface area contributed by atoms with Gasteiger partial charge in [0.1, 0.15) is 0 Å². The van der Waals surface area contributed by atoms with Crippen LogP contribution in [0.1, 0.15) is 49.7 Å². The van der Waals surface area contributed by atoms with E-state index in [1.807, 2.05) is 0 Å². The lowest BCUT2D eigenvalue weighted by Gasteiger charge is -2.19. The summed E-state index contributed by atoms with van der Waals surface area (Å²) >= 11 is 0. The number of hydrogen-bond donors (Lipinski definition) is 1. The normalized spacial score (nSPS) is 22.5. The number of amides is 1. The van der Waals surface area contributed by atoms with Crippen LogP contribution in [-0.2, 0) is 11.2 Å². The third kappa shape index (κ3) is 4.54. The summed E-state index contributed by atoms with van der Waals surface area (Å²) in [5.74, 6) is 2.00. The van der Waals surface area contributed by atoms with E-state index in [1.165, 1.54) is 12.8 Å². The Morgan fingerprint density at radius 1 is 1.33 bits per heavy atom. The molecular weight excluding hydrogens is 306 g/mol. The molecule has 2 heterocycles. The van der Waals surface area contributed by atoms with Gasteiger partial charge in [-0.3, -0.25) is 9.69 Å². The highest BCUT2D eigenvalue weighted by atomic mass is 16.5. The van der Waals surface area contributed by atoms with Crippen molar-refractivity contribution in [3.8, 4) is 0 Å². The lowest BCUT2D eigenvalue weighted by atomic mass is 10.1. The Hall–Kier alpha value is -1.47. The Morgan fingerprint density at radius 2 is 2.12 bits per heavy atom. The summed E-state index contributed by atoms with van der Waals surface area (Å²) in [6.07, 6.45) is 6.58. The maximum atomic E-state index is 12.0. The maximum Gasteiger partial charge on any atom is 0.234 e. The Morgan fingerprint density at radius 3 is 2.83 bits per heavy atom. The molecule has 2 fully saturated rings. The van der Waals surface area contributed by atoms with Crippen molar-refractivity contribution in [2.45, 2.75) is 50.5 Å². The number of hydrogen-bond acceptors (Lipinski definition) is 6. The zero-order chi connectivity index (χ0) is 16.9. The Kier molecular flexibility index (Phi) is 5.84. The van der Waals surface area contributed by atoms with Crippen LogP contribution in [0.4, 0.5) is 0 Å². The SMILES string of the molecule is CN(C)C1CCN(CC(=O)NCCc2noc(C3CCCC3)n2)C1. The van der Waals surface area contributed by atoms with Crippen LogP contribution < -0.4 is 5.32 Å². The lowest BCUT2D eigenvalue weighted by Crippen LogP contribution is -2.38. The lowest BCUT2D eigenvalue weighted by molar-refractivity contribution is -0.122. The molecule has 3 rings (SSSR count). The van der Waals surface area contributed by atoms with Crippen LogP contribution in [0.5, 0.6) is 0 Å². The van der Waals surface area contributed by atoms with Gasteiger partial charge < -0.3 is 14.7 Å². The minimum Gasteiger partial charge on any atom is -0.355 e. The molecule has 1 aromatic rings. The molecular formula is C17H29N5O2. The molecule has 1 aliphatic carbocycles. The minimum absolute atomic E-state index is 0.0777. The summed E-state index contributed by atoms with van der Waals surface area (Å²) in [6.45, 7) is 3.00. The molecule has 7 nitrogen and oxygen atoms in total. The average molecular weight is 335 g/mol. The summed E-state index contributed by atoms with van der Waals surface area (Å²) in [5, 5.41) is 7.00. The predicted octanol–water partition coefficient (Wildman–Crippen LogP) is 1.02. The van der Waals surface area contributed by atoms with E-state index in [4.69, 9.17) is 4.52 Å². The fraction of sp³-hybridized carbons (Fsp3) is 0.824. The van der Waals surface area contributed by atoms with E-state index in [0.29, 0.717) is 37.3 Å². The number of aromatic nitrogens is 2. The van der Waals surface area contributed by atoms with Gasteiger partial charge in [0.25, 0.3) is 0 Å². The molecule has 0 radical (unpaired) electrons. The van der Waals surface area contributed by atoms with E-state index in [2.05, 4.69) is 39.4 Å². The highest BCUT2D eigenvalue weighted by molar-refractivity contribution is 5.78. The van der Waals surface area contributed by atoms with E-state index in [0.717, 1.165) is 38.2 Å². The van der Waals surface area contributed by atoms with Crippen LogP contribution in [0, 0.1) is 0 Å². The van der Waals surface area contributed by atoms with Crippen molar-refractivity contribution in [3.05, 3.63) is 11.7 Å². The van der Waals surface area contributed by atoms with Crippen molar-refractivity contribution in [3.63, 3.8) is 0 Å². The van der Waals surface area contributed by atoms with Gasteiger partial charge in [0.15, 0.2) is 5.82 Å². The Bertz CT molecular complexity index is 539. The van der Waals surface area contributed by atoms with Crippen LogP contribution >= 0.6 is 0 Å². The smallest absolute Gasteiger partial charge is 0.234 e. The van der Waals surface area contributed by atoms with Crippen molar-refractivity contribution in [2.75, 3.05) is 40.3 Å². The van der Waals surface area contributed by atoms with Crippen LogP contribution in [0.15, 0.2) is 4.52 Å². The first kappa shape index (κ1) is 17.4. The summed E-state index contributed by atoms with van der Waals surface area (Å²) in [4.78, 5) is 21.0. The standard InChI is InChI=1S/C17H29N5O2/c1-21(2)14-8-10-22(11-14)12-16(23)18-9-7-15-19-17(24-20-15)13-5-3-4-6-13/h13-14H,3-12H2,1-2H3,(H,18,23). The third-order valence-corrected chi connectivity index (χ3v) is 5.20. The topological polar surface area (TPSA) is 74.5 Å². The zero-order valence-corrected chi connectivity index (χ0v) is 14.8. The van der Waals surface area contributed by atoms with Crippen LogP contribution in [0.3, 0.4) is 0 Å². The average Bonchev–Trinajstić information content (AvgIpc) is 3.28. The fourth-order valence-electron chi connectivity index (χ4n) is 3.66. The second kappa shape index (κ2) is 8.07. The molecule has 134 valence electrons. The summed E-state index contributed by atoms with van der Waals surface area (Å²) in [7, 11) is 4.19. The minimum atomic E-state index is 0.0777. The molecule has 1 unspecified atom stereocenters.